The van der Waals surface area contributed by atoms with Gasteiger partial charge in [-0.1, -0.05) is 6.92 Å². The SMILES string of the molecule is CCC(C)n1nc(N(C)C)c(C#N)c1N. The molecule has 5 nitrogen and oxygen atoms in total. The Bertz CT molecular complexity index is 385. The van der Waals surface area contributed by atoms with E-state index < -0.39 is 0 Å². The summed E-state index contributed by atoms with van der Waals surface area (Å²) in [6.07, 6.45) is 0.934. The van der Waals surface area contributed by atoms with Crippen molar-refractivity contribution in [2.75, 3.05) is 24.7 Å². The van der Waals surface area contributed by atoms with E-state index in [9.17, 15) is 0 Å². The molecule has 0 aliphatic rings. The number of rotatable bonds is 3. The highest BCUT2D eigenvalue weighted by Gasteiger charge is 2.18. The first kappa shape index (κ1) is 11.4. The minimum atomic E-state index is 0.214. The van der Waals surface area contributed by atoms with Crippen LogP contribution in [0, 0.1) is 11.3 Å². The fourth-order valence-electron chi connectivity index (χ4n) is 1.36. The average molecular weight is 207 g/mol. The van der Waals surface area contributed by atoms with Gasteiger partial charge < -0.3 is 10.6 Å². The highest BCUT2D eigenvalue weighted by molar-refractivity contribution is 5.64. The van der Waals surface area contributed by atoms with E-state index in [2.05, 4.69) is 18.1 Å². The lowest BCUT2D eigenvalue weighted by molar-refractivity contribution is 0.485. The van der Waals surface area contributed by atoms with Crippen LogP contribution in [-0.2, 0) is 0 Å². The van der Waals surface area contributed by atoms with Crippen molar-refractivity contribution in [2.45, 2.75) is 26.3 Å². The highest BCUT2D eigenvalue weighted by Crippen LogP contribution is 2.26. The quantitative estimate of drug-likeness (QED) is 0.812. The number of nitrogens with two attached hydrogens (primary N) is 1. The number of hydrogen-bond donors (Lipinski definition) is 1. The summed E-state index contributed by atoms with van der Waals surface area (Å²) in [7, 11) is 3.70. The zero-order valence-electron chi connectivity index (χ0n) is 9.65. The third kappa shape index (κ3) is 1.89. The molecular weight excluding hydrogens is 190 g/mol. The van der Waals surface area contributed by atoms with E-state index in [0.29, 0.717) is 17.2 Å². The maximum absolute atomic E-state index is 9.01. The molecule has 1 heterocycles. The minimum Gasteiger partial charge on any atom is -0.383 e. The molecule has 1 aromatic heterocycles. The first-order valence-electron chi connectivity index (χ1n) is 4.98. The molecule has 2 N–H and O–H groups in total. The molecule has 1 unspecified atom stereocenters. The van der Waals surface area contributed by atoms with Crippen LogP contribution in [0.4, 0.5) is 11.6 Å². The molecule has 0 radical (unpaired) electrons. The molecule has 0 saturated carbocycles. The molecule has 1 rings (SSSR count). The molecule has 15 heavy (non-hydrogen) atoms. The fraction of sp³-hybridized carbons (Fsp3) is 0.600. The number of anilines is 2. The van der Waals surface area contributed by atoms with Gasteiger partial charge in [0.25, 0.3) is 0 Å². The molecule has 0 amide bonds. The predicted octanol–water partition coefficient (Wildman–Crippen LogP) is 1.37. The lowest BCUT2D eigenvalue weighted by Crippen LogP contribution is -2.12. The Morgan fingerprint density at radius 2 is 2.20 bits per heavy atom. The summed E-state index contributed by atoms with van der Waals surface area (Å²) in [5.74, 6) is 1.09. The Balaban J connectivity index is 3.29. The monoisotopic (exact) mass is 207 g/mol. The highest BCUT2D eigenvalue weighted by atomic mass is 15.4. The molecular formula is C10H17N5. The van der Waals surface area contributed by atoms with Crippen LogP contribution < -0.4 is 10.6 Å². The second kappa shape index (κ2) is 4.22. The van der Waals surface area contributed by atoms with Gasteiger partial charge in [0.2, 0.25) is 0 Å². The third-order valence-corrected chi connectivity index (χ3v) is 2.47. The van der Waals surface area contributed by atoms with Crippen molar-refractivity contribution in [1.29, 1.82) is 5.26 Å². The van der Waals surface area contributed by atoms with Crippen molar-refractivity contribution < 1.29 is 0 Å². The van der Waals surface area contributed by atoms with Crippen molar-refractivity contribution in [1.82, 2.24) is 9.78 Å². The average Bonchev–Trinajstić information content (AvgIpc) is 2.54. The number of nitriles is 1. The molecule has 0 aromatic carbocycles. The van der Waals surface area contributed by atoms with E-state index in [4.69, 9.17) is 11.0 Å². The van der Waals surface area contributed by atoms with Crippen molar-refractivity contribution in [3.63, 3.8) is 0 Å². The number of aromatic nitrogens is 2. The lowest BCUT2D eigenvalue weighted by Gasteiger charge is -2.11. The molecule has 0 spiro atoms. The summed E-state index contributed by atoms with van der Waals surface area (Å²) in [5.41, 5.74) is 6.34. The normalized spacial score (nSPS) is 12.2. The van der Waals surface area contributed by atoms with Gasteiger partial charge in [0.05, 0.1) is 6.04 Å². The molecule has 0 fully saturated rings. The molecule has 0 aliphatic carbocycles. The third-order valence-electron chi connectivity index (χ3n) is 2.47. The van der Waals surface area contributed by atoms with Crippen LogP contribution in [0.15, 0.2) is 0 Å². The zero-order chi connectivity index (χ0) is 11.6. The van der Waals surface area contributed by atoms with E-state index >= 15 is 0 Å². The summed E-state index contributed by atoms with van der Waals surface area (Å²) < 4.78 is 1.72. The molecule has 0 bridgehead atoms. The summed E-state index contributed by atoms with van der Waals surface area (Å²) >= 11 is 0. The van der Waals surface area contributed by atoms with Crippen LogP contribution in [0.5, 0.6) is 0 Å². The summed E-state index contributed by atoms with van der Waals surface area (Å²) in [5, 5.41) is 13.4. The maximum Gasteiger partial charge on any atom is 0.170 e. The molecule has 0 saturated heterocycles. The van der Waals surface area contributed by atoms with E-state index in [1.165, 1.54) is 0 Å². The van der Waals surface area contributed by atoms with E-state index in [1.807, 2.05) is 21.0 Å². The topological polar surface area (TPSA) is 70.9 Å². The smallest absolute Gasteiger partial charge is 0.170 e. The first-order valence-corrected chi connectivity index (χ1v) is 4.98. The molecule has 5 heteroatoms. The van der Waals surface area contributed by atoms with Crippen LogP contribution in [0.1, 0.15) is 31.9 Å². The first-order chi connectivity index (χ1) is 7.02. The lowest BCUT2D eigenvalue weighted by atomic mass is 10.2. The van der Waals surface area contributed by atoms with Crippen LogP contribution in [0.25, 0.3) is 0 Å². The Kier molecular flexibility index (Phi) is 3.20. The van der Waals surface area contributed by atoms with Crippen molar-refractivity contribution in [3.8, 4) is 6.07 Å². The number of hydrogen-bond acceptors (Lipinski definition) is 4. The standard InChI is InChI=1S/C10H17N5/c1-5-7(2)15-9(12)8(6-11)10(13-15)14(3)4/h7H,5,12H2,1-4H3. The largest absolute Gasteiger partial charge is 0.383 e. The molecule has 1 atom stereocenters. The van der Waals surface area contributed by atoms with Gasteiger partial charge in [-0.3, -0.25) is 0 Å². The summed E-state index contributed by atoms with van der Waals surface area (Å²) in [6, 6.07) is 2.31. The van der Waals surface area contributed by atoms with Crippen LogP contribution in [0.2, 0.25) is 0 Å². The van der Waals surface area contributed by atoms with Gasteiger partial charge >= 0.3 is 0 Å². The number of nitrogen functional groups attached to an aromatic ring is 1. The van der Waals surface area contributed by atoms with Crippen LogP contribution >= 0.6 is 0 Å². The Morgan fingerprint density at radius 3 is 2.53 bits per heavy atom. The Hall–Kier alpha value is -1.70. The van der Waals surface area contributed by atoms with Gasteiger partial charge in [0.15, 0.2) is 5.82 Å². The Morgan fingerprint density at radius 1 is 1.60 bits per heavy atom. The van der Waals surface area contributed by atoms with Gasteiger partial charge in [-0.2, -0.15) is 10.4 Å². The van der Waals surface area contributed by atoms with Gasteiger partial charge in [-0.25, -0.2) is 4.68 Å². The van der Waals surface area contributed by atoms with E-state index in [0.717, 1.165) is 6.42 Å². The zero-order valence-corrected chi connectivity index (χ0v) is 9.65. The minimum absolute atomic E-state index is 0.214. The van der Waals surface area contributed by atoms with Gasteiger partial charge in [-0.05, 0) is 13.3 Å². The van der Waals surface area contributed by atoms with Crippen molar-refractivity contribution >= 4 is 11.6 Å². The van der Waals surface area contributed by atoms with Gasteiger partial charge in [0, 0.05) is 14.1 Å². The van der Waals surface area contributed by atoms with E-state index in [-0.39, 0.29) is 6.04 Å². The van der Waals surface area contributed by atoms with Crippen molar-refractivity contribution in [3.05, 3.63) is 5.56 Å². The second-order valence-electron chi connectivity index (χ2n) is 3.79. The Labute approximate surface area is 90.1 Å². The molecule has 0 aliphatic heterocycles. The summed E-state index contributed by atoms with van der Waals surface area (Å²) in [4.78, 5) is 1.80. The van der Waals surface area contributed by atoms with Crippen molar-refractivity contribution in [2.24, 2.45) is 0 Å². The molecule has 82 valence electrons. The van der Waals surface area contributed by atoms with E-state index in [1.54, 1.807) is 9.58 Å². The van der Waals surface area contributed by atoms with Crippen LogP contribution in [-0.4, -0.2) is 23.9 Å². The predicted molar refractivity (Wildman–Crippen MR) is 60.7 cm³/mol. The second-order valence-corrected chi connectivity index (χ2v) is 3.79. The summed E-state index contributed by atoms with van der Waals surface area (Å²) in [6.45, 7) is 4.09. The fourth-order valence-corrected chi connectivity index (χ4v) is 1.36. The maximum atomic E-state index is 9.01. The molecule has 1 aromatic rings. The van der Waals surface area contributed by atoms with Gasteiger partial charge in [-0.15, -0.1) is 0 Å². The number of nitrogens with zero attached hydrogens (tertiary/aromatic N) is 4. The van der Waals surface area contributed by atoms with Gasteiger partial charge in [0.1, 0.15) is 17.5 Å². The van der Waals surface area contributed by atoms with Crippen LogP contribution in [0.3, 0.4) is 0 Å².